The van der Waals surface area contributed by atoms with Crippen LogP contribution in [0.4, 0.5) is 4.79 Å². The Morgan fingerprint density at radius 3 is 2.70 bits per heavy atom. The zero-order chi connectivity index (χ0) is 14.7. The summed E-state index contributed by atoms with van der Waals surface area (Å²) in [6.45, 7) is 7.10. The maximum absolute atomic E-state index is 12.7. The SMILES string of the molecule is CC(C)C1SCC(C(=O)O)N1C(=O)N1CCCNCC1. The van der Waals surface area contributed by atoms with E-state index >= 15 is 0 Å². The predicted molar refractivity (Wildman–Crippen MR) is 78.8 cm³/mol. The highest BCUT2D eigenvalue weighted by molar-refractivity contribution is 8.00. The van der Waals surface area contributed by atoms with E-state index in [4.69, 9.17) is 0 Å². The van der Waals surface area contributed by atoms with E-state index in [1.54, 1.807) is 21.6 Å². The molecule has 7 heteroatoms. The van der Waals surface area contributed by atoms with Gasteiger partial charge >= 0.3 is 12.0 Å². The summed E-state index contributed by atoms with van der Waals surface area (Å²) in [7, 11) is 0. The molecule has 2 unspecified atom stereocenters. The van der Waals surface area contributed by atoms with Crippen molar-refractivity contribution >= 4 is 23.8 Å². The highest BCUT2D eigenvalue weighted by Crippen LogP contribution is 2.34. The summed E-state index contributed by atoms with van der Waals surface area (Å²) in [6, 6.07) is -0.819. The predicted octanol–water partition coefficient (Wildman–Crippen LogP) is 0.886. The van der Waals surface area contributed by atoms with Crippen LogP contribution in [0.3, 0.4) is 0 Å². The third-order valence-corrected chi connectivity index (χ3v) is 5.34. The molecule has 2 rings (SSSR count). The van der Waals surface area contributed by atoms with Gasteiger partial charge in [-0.3, -0.25) is 4.90 Å². The van der Waals surface area contributed by atoms with Crippen LogP contribution >= 0.6 is 11.8 Å². The number of aliphatic carboxylic acids is 1. The number of carbonyl (C=O) groups is 2. The van der Waals surface area contributed by atoms with E-state index in [9.17, 15) is 14.7 Å². The molecule has 2 N–H and O–H groups in total. The van der Waals surface area contributed by atoms with Crippen LogP contribution in [0.2, 0.25) is 0 Å². The van der Waals surface area contributed by atoms with Crippen LogP contribution in [0.25, 0.3) is 0 Å². The topological polar surface area (TPSA) is 72.9 Å². The van der Waals surface area contributed by atoms with Gasteiger partial charge in [-0.05, 0) is 18.9 Å². The molecular weight excluding hydrogens is 278 g/mol. The van der Waals surface area contributed by atoms with Gasteiger partial charge in [0.15, 0.2) is 0 Å². The standard InChI is InChI=1S/C13H23N3O3S/c1-9(2)11-16(10(8-20-11)12(17)18)13(19)15-6-3-4-14-5-7-15/h9-11,14H,3-8H2,1-2H3,(H,17,18). The van der Waals surface area contributed by atoms with E-state index in [0.29, 0.717) is 18.8 Å². The van der Waals surface area contributed by atoms with Gasteiger partial charge in [-0.2, -0.15) is 0 Å². The molecule has 2 amide bonds. The Kier molecular flexibility index (Phi) is 5.15. The number of carbonyl (C=O) groups excluding carboxylic acids is 1. The molecule has 0 aliphatic carbocycles. The Morgan fingerprint density at radius 2 is 2.05 bits per heavy atom. The van der Waals surface area contributed by atoms with Crippen molar-refractivity contribution in [1.82, 2.24) is 15.1 Å². The third-order valence-electron chi connectivity index (χ3n) is 3.72. The van der Waals surface area contributed by atoms with E-state index in [2.05, 4.69) is 5.32 Å². The number of urea groups is 1. The first-order valence-corrected chi connectivity index (χ1v) is 8.19. The lowest BCUT2D eigenvalue weighted by molar-refractivity contribution is -0.141. The van der Waals surface area contributed by atoms with Crippen LogP contribution in [0.5, 0.6) is 0 Å². The highest BCUT2D eigenvalue weighted by Gasteiger charge is 2.44. The molecule has 2 aliphatic heterocycles. The molecule has 2 heterocycles. The Morgan fingerprint density at radius 1 is 1.30 bits per heavy atom. The molecule has 114 valence electrons. The van der Waals surface area contributed by atoms with E-state index in [1.165, 1.54) is 0 Å². The average Bonchev–Trinajstić information content (AvgIpc) is 2.67. The van der Waals surface area contributed by atoms with E-state index in [0.717, 1.165) is 19.5 Å². The Hall–Kier alpha value is -0.950. The molecule has 2 saturated heterocycles. The zero-order valence-electron chi connectivity index (χ0n) is 12.0. The van der Waals surface area contributed by atoms with Gasteiger partial charge in [0.1, 0.15) is 6.04 Å². The molecule has 0 aromatic rings. The number of hydrogen-bond donors (Lipinski definition) is 2. The van der Waals surface area contributed by atoms with Crippen molar-refractivity contribution in [2.24, 2.45) is 5.92 Å². The van der Waals surface area contributed by atoms with Crippen LogP contribution in [-0.2, 0) is 4.79 Å². The van der Waals surface area contributed by atoms with Crippen LogP contribution < -0.4 is 5.32 Å². The second-order valence-corrected chi connectivity index (χ2v) is 6.75. The molecule has 0 aromatic carbocycles. The lowest BCUT2D eigenvalue weighted by Crippen LogP contribution is -2.53. The summed E-state index contributed by atoms with van der Waals surface area (Å²) in [4.78, 5) is 27.5. The molecule has 0 spiro atoms. The number of nitrogens with zero attached hydrogens (tertiary/aromatic N) is 2. The van der Waals surface area contributed by atoms with E-state index in [1.807, 2.05) is 13.8 Å². The Bertz CT molecular complexity index is 370. The number of carboxylic acids is 1. The molecule has 0 aromatic heterocycles. The molecule has 2 aliphatic rings. The second kappa shape index (κ2) is 6.67. The number of rotatable bonds is 2. The van der Waals surface area contributed by atoms with Crippen LogP contribution in [0.1, 0.15) is 20.3 Å². The molecule has 20 heavy (non-hydrogen) atoms. The summed E-state index contributed by atoms with van der Waals surface area (Å²) in [5.74, 6) is -0.170. The second-order valence-electron chi connectivity index (χ2n) is 5.60. The minimum absolute atomic E-state index is 0.0418. The number of hydrogen-bond acceptors (Lipinski definition) is 4. The van der Waals surface area contributed by atoms with Crippen molar-refractivity contribution < 1.29 is 14.7 Å². The molecular formula is C13H23N3O3S. The van der Waals surface area contributed by atoms with Crippen molar-refractivity contribution in [2.75, 3.05) is 31.9 Å². The summed E-state index contributed by atoms with van der Waals surface area (Å²) in [6.07, 6.45) is 0.913. The van der Waals surface area contributed by atoms with Crippen LogP contribution in [-0.4, -0.2) is 70.3 Å². The van der Waals surface area contributed by atoms with E-state index in [-0.39, 0.29) is 17.3 Å². The minimum atomic E-state index is -0.901. The molecule has 6 nitrogen and oxygen atoms in total. The summed E-state index contributed by atoms with van der Waals surface area (Å²) in [5, 5.41) is 12.6. The maximum atomic E-state index is 12.7. The average molecular weight is 301 g/mol. The van der Waals surface area contributed by atoms with Gasteiger partial charge in [0.2, 0.25) is 0 Å². The zero-order valence-corrected chi connectivity index (χ0v) is 12.9. The minimum Gasteiger partial charge on any atom is -0.480 e. The van der Waals surface area contributed by atoms with E-state index < -0.39 is 12.0 Å². The molecule has 0 saturated carbocycles. The first-order chi connectivity index (χ1) is 9.52. The molecule has 2 fully saturated rings. The molecule has 0 radical (unpaired) electrons. The smallest absolute Gasteiger partial charge is 0.327 e. The summed E-state index contributed by atoms with van der Waals surface area (Å²) >= 11 is 1.57. The number of thioether (sulfide) groups is 1. The molecule has 2 atom stereocenters. The quantitative estimate of drug-likeness (QED) is 0.792. The number of amides is 2. The third kappa shape index (κ3) is 3.20. The van der Waals surface area contributed by atoms with Crippen molar-refractivity contribution in [1.29, 1.82) is 0 Å². The summed E-state index contributed by atoms with van der Waals surface area (Å²) in [5.41, 5.74) is 0. The van der Waals surface area contributed by atoms with Gasteiger partial charge in [0, 0.05) is 25.4 Å². The van der Waals surface area contributed by atoms with Gasteiger partial charge < -0.3 is 15.3 Å². The lowest BCUT2D eigenvalue weighted by Gasteiger charge is -2.34. The Balaban J connectivity index is 2.15. The van der Waals surface area contributed by atoms with Gasteiger partial charge in [-0.15, -0.1) is 11.8 Å². The van der Waals surface area contributed by atoms with Crippen molar-refractivity contribution in [2.45, 2.75) is 31.7 Å². The van der Waals surface area contributed by atoms with Gasteiger partial charge in [0.25, 0.3) is 0 Å². The largest absolute Gasteiger partial charge is 0.480 e. The van der Waals surface area contributed by atoms with Gasteiger partial charge in [-0.25, -0.2) is 9.59 Å². The van der Waals surface area contributed by atoms with Crippen LogP contribution in [0.15, 0.2) is 0 Å². The van der Waals surface area contributed by atoms with Crippen molar-refractivity contribution in [3.63, 3.8) is 0 Å². The normalized spacial score (nSPS) is 27.8. The first-order valence-electron chi connectivity index (χ1n) is 7.14. The first kappa shape index (κ1) is 15.4. The Labute approximate surface area is 123 Å². The fourth-order valence-corrected chi connectivity index (χ4v) is 4.14. The maximum Gasteiger partial charge on any atom is 0.327 e. The fourth-order valence-electron chi connectivity index (χ4n) is 2.67. The lowest BCUT2D eigenvalue weighted by atomic mass is 10.1. The number of carboxylic acid groups (broad SMARTS) is 1. The van der Waals surface area contributed by atoms with Crippen LogP contribution in [0, 0.1) is 5.92 Å². The fraction of sp³-hybridized carbons (Fsp3) is 0.846. The van der Waals surface area contributed by atoms with Crippen molar-refractivity contribution in [3.8, 4) is 0 Å². The van der Waals surface area contributed by atoms with Gasteiger partial charge in [-0.1, -0.05) is 13.8 Å². The summed E-state index contributed by atoms with van der Waals surface area (Å²) < 4.78 is 0. The van der Waals surface area contributed by atoms with Gasteiger partial charge in [0.05, 0.1) is 5.37 Å². The van der Waals surface area contributed by atoms with Crippen molar-refractivity contribution in [3.05, 3.63) is 0 Å². The molecule has 0 bridgehead atoms. The monoisotopic (exact) mass is 301 g/mol. The highest BCUT2D eigenvalue weighted by atomic mass is 32.2. The number of nitrogens with one attached hydrogen (secondary N) is 1.